The zero-order valence-corrected chi connectivity index (χ0v) is 10.9. The number of rotatable bonds is 2. The maximum atomic E-state index is 4.58. The summed E-state index contributed by atoms with van der Waals surface area (Å²) in [5.74, 6) is 0.788. The van der Waals surface area contributed by atoms with Crippen LogP contribution in [0, 0.1) is 13.8 Å². The quantitative estimate of drug-likeness (QED) is 0.748. The number of para-hydroxylation sites is 2. The van der Waals surface area contributed by atoms with Gasteiger partial charge < -0.3 is 4.98 Å². The van der Waals surface area contributed by atoms with E-state index in [2.05, 4.69) is 28.9 Å². The van der Waals surface area contributed by atoms with E-state index in [0.29, 0.717) is 0 Å². The van der Waals surface area contributed by atoms with E-state index < -0.39 is 0 Å². The molecule has 1 N–H and O–H groups in total. The lowest BCUT2D eigenvalue weighted by Crippen LogP contribution is -2.01. The van der Waals surface area contributed by atoms with E-state index in [1.807, 2.05) is 35.9 Å². The van der Waals surface area contributed by atoms with Gasteiger partial charge in [-0.3, -0.25) is 0 Å². The maximum absolute atomic E-state index is 4.58. The number of hydrogen-bond donors (Lipinski definition) is 1. The van der Waals surface area contributed by atoms with Gasteiger partial charge in [0.25, 0.3) is 0 Å². The van der Waals surface area contributed by atoms with Gasteiger partial charge in [0.15, 0.2) is 0 Å². The third-order valence-electron chi connectivity index (χ3n) is 3.37. The van der Waals surface area contributed by atoms with E-state index in [4.69, 9.17) is 0 Å². The second-order valence-electron chi connectivity index (χ2n) is 4.49. The minimum atomic E-state index is 0.788. The molecule has 0 amide bonds. The summed E-state index contributed by atoms with van der Waals surface area (Å²) in [6.45, 7) is 6.29. The summed E-state index contributed by atoms with van der Waals surface area (Å²) in [5.41, 5.74) is 5.55. The highest BCUT2D eigenvalue weighted by Gasteiger charge is 2.13. The molecule has 0 saturated carbocycles. The van der Waals surface area contributed by atoms with Crippen LogP contribution in [-0.2, 0) is 6.42 Å². The van der Waals surface area contributed by atoms with Crippen LogP contribution in [0.3, 0.4) is 0 Å². The first-order chi connectivity index (χ1) is 8.70. The first kappa shape index (κ1) is 11.0. The number of hydrogen-bond acceptors (Lipinski definition) is 2. The normalized spacial score (nSPS) is 11.3. The molecule has 4 nitrogen and oxygen atoms in total. The van der Waals surface area contributed by atoms with Crippen molar-refractivity contribution < 1.29 is 0 Å². The van der Waals surface area contributed by atoms with Gasteiger partial charge in [-0.15, -0.1) is 0 Å². The van der Waals surface area contributed by atoms with Crippen LogP contribution in [0.1, 0.15) is 23.9 Å². The molecular formula is C14H16N4. The first-order valence-corrected chi connectivity index (χ1v) is 6.21. The number of nitrogens with zero attached hydrogens (tertiary/aromatic N) is 3. The Morgan fingerprint density at radius 1 is 1.22 bits per heavy atom. The number of aromatic nitrogens is 4. The highest BCUT2D eigenvalue weighted by atomic mass is 15.4. The summed E-state index contributed by atoms with van der Waals surface area (Å²) in [7, 11) is 0. The fourth-order valence-electron chi connectivity index (χ4n) is 2.43. The number of nitrogens with one attached hydrogen (secondary N) is 1. The van der Waals surface area contributed by atoms with Crippen LogP contribution < -0.4 is 0 Å². The largest absolute Gasteiger partial charge is 0.322 e. The van der Waals surface area contributed by atoms with Gasteiger partial charge in [0, 0.05) is 5.69 Å². The molecule has 0 aliphatic carbocycles. The lowest BCUT2D eigenvalue weighted by atomic mass is 10.1. The van der Waals surface area contributed by atoms with Crippen molar-refractivity contribution in [3.05, 3.63) is 41.2 Å². The van der Waals surface area contributed by atoms with Gasteiger partial charge >= 0.3 is 0 Å². The van der Waals surface area contributed by atoms with Crippen molar-refractivity contribution >= 4 is 11.0 Å². The molecule has 92 valence electrons. The average molecular weight is 240 g/mol. The van der Waals surface area contributed by atoms with Gasteiger partial charge in [-0.2, -0.15) is 5.10 Å². The van der Waals surface area contributed by atoms with Crippen LogP contribution in [0.4, 0.5) is 0 Å². The predicted molar refractivity (Wildman–Crippen MR) is 72.1 cm³/mol. The van der Waals surface area contributed by atoms with Crippen molar-refractivity contribution in [1.82, 2.24) is 19.7 Å². The molecule has 3 rings (SSSR count). The number of aromatic amines is 1. The summed E-state index contributed by atoms with van der Waals surface area (Å²) in [4.78, 5) is 7.88. The lowest BCUT2D eigenvalue weighted by molar-refractivity contribution is 0.789. The Kier molecular flexibility index (Phi) is 2.44. The topological polar surface area (TPSA) is 46.5 Å². The number of aryl methyl sites for hydroxylation is 1. The second-order valence-corrected chi connectivity index (χ2v) is 4.49. The van der Waals surface area contributed by atoms with Crippen molar-refractivity contribution in [2.45, 2.75) is 27.2 Å². The third-order valence-corrected chi connectivity index (χ3v) is 3.37. The second kappa shape index (κ2) is 3.98. The summed E-state index contributed by atoms with van der Waals surface area (Å²) in [6, 6.07) is 8.02. The van der Waals surface area contributed by atoms with Crippen molar-refractivity contribution in [3.8, 4) is 5.95 Å². The zero-order chi connectivity index (χ0) is 12.7. The predicted octanol–water partition coefficient (Wildman–Crippen LogP) is 2.93. The number of fused-ring (bicyclic) bond motifs is 1. The van der Waals surface area contributed by atoms with Gasteiger partial charge in [0.2, 0.25) is 5.95 Å². The molecule has 0 radical (unpaired) electrons. The molecule has 0 saturated heterocycles. The molecule has 2 aromatic heterocycles. The fraction of sp³-hybridized carbons (Fsp3) is 0.286. The van der Waals surface area contributed by atoms with Crippen LogP contribution >= 0.6 is 0 Å². The molecule has 0 aliphatic rings. The standard InChI is InChI=1S/C14H16N4/c1-4-11-9(2)17-18(10(11)3)14-15-12-7-5-6-8-13(12)16-14/h5-8H,4H2,1-3H3,(H,15,16). The van der Waals surface area contributed by atoms with Crippen molar-refractivity contribution in [1.29, 1.82) is 0 Å². The van der Waals surface area contributed by atoms with Gasteiger partial charge in [-0.25, -0.2) is 9.67 Å². The molecule has 0 bridgehead atoms. The molecule has 0 spiro atoms. The first-order valence-electron chi connectivity index (χ1n) is 6.21. The van der Waals surface area contributed by atoms with Gasteiger partial charge in [0.1, 0.15) is 0 Å². The molecule has 3 aromatic rings. The van der Waals surface area contributed by atoms with Crippen LogP contribution in [0.2, 0.25) is 0 Å². The summed E-state index contributed by atoms with van der Waals surface area (Å²) in [5, 5.41) is 4.57. The van der Waals surface area contributed by atoms with E-state index >= 15 is 0 Å². The smallest absolute Gasteiger partial charge is 0.229 e. The Hall–Kier alpha value is -2.10. The molecule has 0 atom stereocenters. The Morgan fingerprint density at radius 2 is 2.00 bits per heavy atom. The van der Waals surface area contributed by atoms with Crippen molar-refractivity contribution in [2.24, 2.45) is 0 Å². The average Bonchev–Trinajstić information content (AvgIpc) is 2.90. The summed E-state index contributed by atoms with van der Waals surface area (Å²) < 4.78 is 1.90. The number of benzene rings is 1. The number of imidazole rings is 1. The molecule has 2 heterocycles. The number of H-pyrrole nitrogens is 1. The molecule has 4 heteroatoms. The highest BCUT2D eigenvalue weighted by molar-refractivity contribution is 5.75. The molecule has 0 fully saturated rings. The van der Waals surface area contributed by atoms with Crippen LogP contribution in [0.15, 0.2) is 24.3 Å². The Labute approximate surface area is 106 Å². The van der Waals surface area contributed by atoms with Gasteiger partial charge in [-0.05, 0) is 38.0 Å². The Bertz CT molecular complexity index is 673. The molecule has 1 aromatic carbocycles. The van der Waals surface area contributed by atoms with Crippen LogP contribution in [0.25, 0.3) is 17.0 Å². The molecule has 18 heavy (non-hydrogen) atoms. The highest BCUT2D eigenvalue weighted by Crippen LogP contribution is 2.19. The molecular weight excluding hydrogens is 224 g/mol. The SMILES string of the molecule is CCc1c(C)nn(-c2nc3ccccc3[nH]2)c1C. The monoisotopic (exact) mass is 240 g/mol. The Morgan fingerprint density at radius 3 is 2.67 bits per heavy atom. The minimum Gasteiger partial charge on any atom is -0.322 e. The van der Waals surface area contributed by atoms with E-state index in [0.717, 1.165) is 34.8 Å². The summed E-state index contributed by atoms with van der Waals surface area (Å²) in [6.07, 6.45) is 0.998. The zero-order valence-electron chi connectivity index (χ0n) is 10.9. The van der Waals surface area contributed by atoms with Crippen molar-refractivity contribution in [2.75, 3.05) is 0 Å². The van der Waals surface area contributed by atoms with Crippen molar-refractivity contribution in [3.63, 3.8) is 0 Å². The molecule has 0 aliphatic heterocycles. The Balaban J connectivity index is 2.20. The maximum Gasteiger partial charge on any atom is 0.229 e. The van der Waals surface area contributed by atoms with Crippen LogP contribution in [-0.4, -0.2) is 19.7 Å². The third kappa shape index (κ3) is 1.53. The van der Waals surface area contributed by atoms with E-state index in [9.17, 15) is 0 Å². The van der Waals surface area contributed by atoms with Crippen LogP contribution in [0.5, 0.6) is 0 Å². The van der Waals surface area contributed by atoms with Gasteiger partial charge in [0.05, 0.1) is 16.7 Å². The fourth-order valence-corrected chi connectivity index (χ4v) is 2.43. The van der Waals surface area contributed by atoms with Gasteiger partial charge in [-0.1, -0.05) is 19.1 Å². The lowest BCUT2D eigenvalue weighted by Gasteiger charge is -1.99. The van der Waals surface area contributed by atoms with E-state index in [-0.39, 0.29) is 0 Å². The molecule has 0 unspecified atom stereocenters. The van der Waals surface area contributed by atoms with E-state index in [1.165, 1.54) is 5.56 Å². The minimum absolute atomic E-state index is 0.788. The summed E-state index contributed by atoms with van der Waals surface area (Å²) >= 11 is 0. The van der Waals surface area contributed by atoms with E-state index in [1.54, 1.807) is 0 Å².